The highest BCUT2D eigenvalue weighted by Gasteiger charge is 2.64. The number of nitrogen functional groups attached to an aromatic ring is 1. The molecule has 0 radical (unpaired) electrons. The molecule has 6 rings (SSSR count). The molecule has 1 aliphatic carbocycles. The number of benzene rings is 1. The number of halogens is 4. The maximum atomic E-state index is 13.9. The molecule has 3 aromatic heterocycles. The standard InChI is InChI=1S/C26H23BrF3N7O2/c1-12-6-13(26(28,29)30)7-14-20-22(31)32-11-33-23(20)36(21(12)14)10-19(38)37-15(8-25(2)9-16(25)37)24(39)35-18-5-3-4-17(27)34-18/h3-7,11,15-16H,8-10H2,1-2H3,(H2,31,32,33)(H,34,35,39)/t15-,16+,25-/m0/s1. The molecule has 1 saturated heterocycles. The number of amides is 2. The van der Waals surface area contributed by atoms with Gasteiger partial charge in [0.2, 0.25) is 11.8 Å². The molecule has 4 heterocycles. The molecular weight excluding hydrogens is 579 g/mol. The van der Waals surface area contributed by atoms with E-state index < -0.39 is 17.8 Å². The Bertz CT molecular complexity index is 1690. The fourth-order valence-electron chi connectivity index (χ4n) is 5.87. The number of likely N-dealkylation sites (tertiary alicyclic amines) is 1. The summed E-state index contributed by atoms with van der Waals surface area (Å²) in [6.45, 7) is 3.37. The lowest BCUT2D eigenvalue weighted by molar-refractivity contribution is -0.138. The Balaban J connectivity index is 1.39. The minimum atomic E-state index is -4.57. The normalized spacial score (nSPS) is 22.4. The average Bonchev–Trinajstić information content (AvgIpc) is 3.25. The lowest BCUT2D eigenvalue weighted by atomic mass is 10.0. The number of fused-ring (bicyclic) bond motifs is 4. The number of carbonyl (C=O) groups excluding carboxylic acids is 2. The van der Waals surface area contributed by atoms with Crippen molar-refractivity contribution in [2.24, 2.45) is 5.41 Å². The van der Waals surface area contributed by atoms with Crippen molar-refractivity contribution in [2.75, 3.05) is 11.1 Å². The van der Waals surface area contributed by atoms with Gasteiger partial charge in [-0.2, -0.15) is 13.2 Å². The molecule has 0 bridgehead atoms. The van der Waals surface area contributed by atoms with Crippen LogP contribution in [0.3, 0.4) is 0 Å². The largest absolute Gasteiger partial charge is 0.416 e. The number of piperidine rings is 1. The van der Waals surface area contributed by atoms with Crippen LogP contribution in [0.25, 0.3) is 21.9 Å². The maximum Gasteiger partial charge on any atom is 0.416 e. The van der Waals surface area contributed by atoms with Crippen LogP contribution in [0.15, 0.2) is 41.3 Å². The van der Waals surface area contributed by atoms with Crippen molar-refractivity contribution in [1.82, 2.24) is 24.4 Å². The van der Waals surface area contributed by atoms with Crippen molar-refractivity contribution in [1.29, 1.82) is 0 Å². The van der Waals surface area contributed by atoms with Crippen LogP contribution >= 0.6 is 15.9 Å². The predicted molar refractivity (Wildman–Crippen MR) is 142 cm³/mol. The summed E-state index contributed by atoms with van der Waals surface area (Å²) in [5, 5.41) is 3.27. The first-order valence-electron chi connectivity index (χ1n) is 12.2. The molecule has 1 aliphatic heterocycles. The van der Waals surface area contributed by atoms with Crippen molar-refractivity contribution in [3.05, 3.63) is 52.4 Å². The Morgan fingerprint density at radius 2 is 2.00 bits per heavy atom. The van der Waals surface area contributed by atoms with Gasteiger partial charge in [0.05, 0.1) is 16.5 Å². The first-order valence-corrected chi connectivity index (χ1v) is 13.0. The summed E-state index contributed by atoms with van der Waals surface area (Å²) in [5.74, 6) is -0.302. The summed E-state index contributed by atoms with van der Waals surface area (Å²) in [6, 6.07) is 6.37. The number of aromatic nitrogens is 4. The third-order valence-electron chi connectivity index (χ3n) is 7.76. The van der Waals surface area contributed by atoms with Gasteiger partial charge in [0.15, 0.2) is 0 Å². The number of alkyl halides is 3. The van der Waals surface area contributed by atoms with E-state index >= 15 is 0 Å². The van der Waals surface area contributed by atoms with Gasteiger partial charge in [-0.25, -0.2) is 15.0 Å². The molecule has 202 valence electrons. The molecule has 0 unspecified atom stereocenters. The topological polar surface area (TPSA) is 119 Å². The van der Waals surface area contributed by atoms with Crippen LogP contribution in [-0.2, 0) is 22.3 Å². The number of anilines is 2. The number of nitrogens with one attached hydrogen (secondary N) is 1. The second-order valence-electron chi connectivity index (χ2n) is 10.5. The van der Waals surface area contributed by atoms with Crippen molar-refractivity contribution in [3.8, 4) is 0 Å². The molecule has 3 N–H and O–H groups in total. The number of carbonyl (C=O) groups is 2. The second kappa shape index (κ2) is 8.63. The van der Waals surface area contributed by atoms with Gasteiger partial charge in [0, 0.05) is 11.4 Å². The highest BCUT2D eigenvalue weighted by atomic mass is 79.9. The smallest absolute Gasteiger partial charge is 0.383 e. The Kier molecular flexibility index (Phi) is 5.65. The Hall–Kier alpha value is -3.74. The summed E-state index contributed by atoms with van der Waals surface area (Å²) >= 11 is 3.28. The Morgan fingerprint density at radius 3 is 2.72 bits per heavy atom. The van der Waals surface area contributed by atoms with Gasteiger partial charge in [0.25, 0.3) is 0 Å². The van der Waals surface area contributed by atoms with Crippen LogP contribution in [0, 0.1) is 12.3 Å². The number of hydrogen-bond acceptors (Lipinski definition) is 6. The Morgan fingerprint density at radius 1 is 1.23 bits per heavy atom. The molecule has 1 saturated carbocycles. The van der Waals surface area contributed by atoms with Crippen molar-refractivity contribution < 1.29 is 22.8 Å². The van der Waals surface area contributed by atoms with Gasteiger partial charge < -0.3 is 20.5 Å². The summed E-state index contributed by atoms with van der Waals surface area (Å²) in [4.78, 5) is 41.3. The molecule has 2 aliphatic rings. The van der Waals surface area contributed by atoms with E-state index in [0.29, 0.717) is 27.9 Å². The monoisotopic (exact) mass is 601 g/mol. The Labute approximate surface area is 228 Å². The van der Waals surface area contributed by atoms with Crippen LogP contribution in [-0.4, -0.2) is 48.3 Å². The lowest BCUT2D eigenvalue weighted by Gasteiger charge is -2.27. The quantitative estimate of drug-likeness (QED) is 0.328. The van der Waals surface area contributed by atoms with Crippen LogP contribution in [0.4, 0.5) is 24.8 Å². The van der Waals surface area contributed by atoms with Crippen LogP contribution in [0.2, 0.25) is 0 Å². The zero-order chi connectivity index (χ0) is 27.9. The number of pyridine rings is 1. The predicted octanol–water partition coefficient (Wildman–Crippen LogP) is 4.67. The molecule has 13 heteroatoms. The SMILES string of the molecule is Cc1cc(C(F)(F)F)cc2c3c(N)ncnc3n(CC(=O)N3[C@H](C(=O)Nc4cccc(Br)n4)C[C@@]4(C)C[C@@H]34)c12. The zero-order valence-electron chi connectivity index (χ0n) is 20.9. The first kappa shape index (κ1) is 25.5. The van der Waals surface area contributed by atoms with E-state index in [-0.39, 0.29) is 52.1 Å². The van der Waals surface area contributed by atoms with Crippen molar-refractivity contribution in [3.63, 3.8) is 0 Å². The number of nitrogens with two attached hydrogens (primary N) is 1. The highest BCUT2D eigenvalue weighted by molar-refractivity contribution is 9.10. The second-order valence-corrected chi connectivity index (χ2v) is 11.3. The van der Waals surface area contributed by atoms with Crippen LogP contribution < -0.4 is 11.1 Å². The molecule has 39 heavy (non-hydrogen) atoms. The summed E-state index contributed by atoms with van der Waals surface area (Å²) in [5.41, 5.74) is 6.07. The third-order valence-corrected chi connectivity index (χ3v) is 8.21. The van der Waals surface area contributed by atoms with E-state index in [2.05, 4.69) is 36.2 Å². The van der Waals surface area contributed by atoms with Gasteiger partial charge in [0.1, 0.15) is 40.8 Å². The van der Waals surface area contributed by atoms with Crippen LogP contribution in [0.5, 0.6) is 0 Å². The first-order chi connectivity index (χ1) is 18.4. The molecule has 2 amide bonds. The van der Waals surface area contributed by atoms with E-state index in [0.717, 1.165) is 18.6 Å². The molecule has 0 spiro atoms. The minimum absolute atomic E-state index is 0.0182. The maximum absolute atomic E-state index is 13.9. The summed E-state index contributed by atoms with van der Waals surface area (Å²) in [6.07, 6.45) is -2.08. The van der Waals surface area contributed by atoms with Crippen molar-refractivity contribution >= 4 is 61.3 Å². The fourth-order valence-corrected chi connectivity index (χ4v) is 6.21. The number of aryl methyl sites for hydroxylation is 1. The minimum Gasteiger partial charge on any atom is -0.383 e. The summed E-state index contributed by atoms with van der Waals surface area (Å²) in [7, 11) is 0. The molecular formula is C26H23BrF3N7O2. The van der Waals surface area contributed by atoms with Gasteiger partial charge in [-0.15, -0.1) is 0 Å². The highest BCUT2D eigenvalue weighted by Crippen LogP contribution is 2.59. The van der Waals surface area contributed by atoms with Crippen LogP contribution in [0.1, 0.15) is 30.9 Å². The number of nitrogens with zero attached hydrogens (tertiary/aromatic N) is 5. The third kappa shape index (κ3) is 4.19. The lowest BCUT2D eigenvalue weighted by Crippen LogP contribution is -2.46. The van der Waals surface area contributed by atoms with E-state index in [1.807, 2.05) is 6.92 Å². The van der Waals surface area contributed by atoms with E-state index in [1.165, 1.54) is 6.33 Å². The molecule has 4 aromatic rings. The fraction of sp³-hybridized carbons (Fsp3) is 0.346. The number of hydrogen-bond donors (Lipinski definition) is 2. The van der Waals surface area contributed by atoms with E-state index in [1.54, 1.807) is 34.6 Å². The van der Waals surface area contributed by atoms with Gasteiger partial charge in [-0.3, -0.25) is 9.59 Å². The zero-order valence-corrected chi connectivity index (χ0v) is 22.5. The van der Waals surface area contributed by atoms with Gasteiger partial charge in [-0.05, 0) is 70.9 Å². The van der Waals surface area contributed by atoms with Crippen molar-refractivity contribution in [2.45, 2.75) is 51.5 Å². The van der Waals surface area contributed by atoms with E-state index in [9.17, 15) is 22.8 Å². The molecule has 9 nitrogen and oxygen atoms in total. The molecule has 2 fully saturated rings. The average molecular weight is 602 g/mol. The van der Waals surface area contributed by atoms with Gasteiger partial charge in [-0.1, -0.05) is 13.0 Å². The summed E-state index contributed by atoms with van der Waals surface area (Å²) < 4.78 is 43.0. The number of rotatable bonds is 4. The van der Waals surface area contributed by atoms with E-state index in [4.69, 9.17) is 5.73 Å². The molecule has 1 aromatic carbocycles. The van der Waals surface area contributed by atoms with Gasteiger partial charge >= 0.3 is 6.18 Å². The molecule has 3 atom stereocenters.